The third kappa shape index (κ3) is 6.41. The van der Waals surface area contributed by atoms with Gasteiger partial charge in [0, 0.05) is 11.0 Å². The predicted molar refractivity (Wildman–Crippen MR) is 137 cm³/mol. The number of thiophene rings is 1. The first-order valence-corrected chi connectivity index (χ1v) is 12.9. The maximum absolute atomic E-state index is 12.7. The number of methoxy groups -OCH3 is 1. The minimum absolute atomic E-state index is 0.274. The number of carbonyl (C=O) groups excluding carboxylic acids is 2. The smallest absolute Gasteiger partial charge is 0.341 e. The Balaban J connectivity index is 1.73. The second-order valence-electron chi connectivity index (χ2n) is 8.45. The van der Waals surface area contributed by atoms with Crippen molar-refractivity contribution in [2.45, 2.75) is 65.2 Å². The number of unbranched alkanes of at least 4 members (excludes halogenated alkanes) is 2. The molecule has 1 N–H and O–H groups in total. The molecule has 6 nitrogen and oxygen atoms in total. The Morgan fingerprint density at radius 1 is 1.21 bits per heavy atom. The number of fused-ring (bicyclic) bond motifs is 1. The minimum atomic E-state index is -0.368. The number of aryl methyl sites for hydroxylation is 1. The highest BCUT2D eigenvalue weighted by atomic mass is 32.1. The molecule has 34 heavy (non-hydrogen) atoms. The molecule has 0 saturated carbocycles. The third-order valence-electron chi connectivity index (χ3n) is 5.89. The number of carbonyl (C=O) groups is 2. The molecule has 0 radical (unpaired) electrons. The fraction of sp³-hybridized carbons (Fsp3) is 0.481. The van der Waals surface area contributed by atoms with Crippen molar-refractivity contribution in [3.05, 3.63) is 45.8 Å². The Morgan fingerprint density at radius 3 is 2.76 bits per heavy atom. The molecule has 1 atom stereocenters. The number of rotatable bonds is 11. The van der Waals surface area contributed by atoms with Gasteiger partial charge in [0.2, 0.25) is 5.91 Å². The van der Waals surface area contributed by atoms with Crippen molar-refractivity contribution in [2.24, 2.45) is 0 Å². The van der Waals surface area contributed by atoms with E-state index in [4.69, 9.17) is 14.2 Å². The van der Waals surface area contributed by atoms with Gasteiger partial charge in [0.1, 0.15) is 5.00 Å². The van der Waals surface area contributed by atoms with Crippen molar-refractivity contribution in [2.75, 3.05) is 25.6 Å². The molecule has 1 aliphatic rings. The molecule has 0 fully saturated rings. The number of hydrogen-bond acceptors (Lipinski definition) is 6. The van der Waals surface area contributed by atoms with Crippen molar-refractivity contribution < 1.29 is 23.8 Å². The minimum Gasteiger partial charge on any atom is -0.493 e. The second kappa shape index (κ2) is 12.6. The van der Waals surface area contributed by atoms with E-state index in [1.807, 2.05) is 18.2 Å². The Kier molecular flexibility index (Phi) is 9.57. The fourth-order valence-corrected chi connectivity index (χ4v) is 5.52. The van der Waals surface area contributed by atoms with Gasteiger partial charge in [-0.25, -0.2) is 4.79 Å². The van der Waals surface area contributed by atoms with Crippen LogP contribution in [0.2, 0.25) is 0 Å². The quantitative estimate of drug-likeness (QED) is 0.221. The van der Waals surface area contributed by atoms with Crippen LogP contribution in [0.15, 0.2) is 24.3 Å². The molecule has 184 valence electrons. The van der Waals surface area contributed by atoms with Crippen LogP contribution < -0.4 is 14.8 Å². The third-order valence-corrected chi connectivity index (χ3v) is 7.07. The van der Waals surface area contributed by atoms with Gasteiger partial charge in [-0.05, 0) is 67.9 Å². The molecule has 1 unspecified atom stereocenters. The summed E-state index contributed by atoms with van der Waals surface area (Å²) >= 11 is 1.49. The lowest BCUT2D eigenvalue weighted by molar-refractivity contribution is -0.111. The Hall–Kier alpha value is -2.80. The molecule has 1 aliphatic carbocycles. The van der Waals surface area contributed by atoms with E-state index < -0.39 is 0 Å². The summed E-state index contributed by atoms with van der Waals surface area (Å²) in [4.78, 5) is 26.6. The lowest BCUT2D eigenvalue weighted by Gasteiger charge is -2.19. The van der Waals surface area contributed by atoms with Crippen LogP contribution in [0, 0.1) is 0 Å². The van der Waals surface area contributed by atoms with Crippen molar-refractivity contribution in [1.82, 2.24) is 0 Å². The van der Waals surface area contributed by atoms with Crippen LogP contribution in [0.3, 0.4) is 0 Å². The Bertz CT molecular complexity index is 1030. The SMILES string of the molecule is CCCCCOc1ccc(/C=C/C(=O)Nc2sc3c(c2C(=O)OCC)C(C)CCC3)cc1OC. The van der Waals surface area contributed by atoms with Crippen LogP contribution in [-0.2, 0) is 16.0 Å². The zero-order valence-electron chi connectivity index (χ0n) is 20.6. The molecule has 1 aromatic carbocycles. The maximum atomic E-state index is 12.7. The van der Waals surface area contributed by atoms with Crippen molar-refractivity contribution in [1.29, 1.82) is 0 Å². The molecule has 0 spiro atoms. The van der Waals surface area contributed by atoms with E-state index in [1.54, 1.807) is 20.1 Å². The summed E-state index contributed by atoms with van der Waals surface area (Å²) in [5, 5.41) is 3.48. The summed E-state index contributed by atoms with van der Waals surface area (Å²) in [5.41, 5.74) is 2.37. The van der Waals surface area contributed by atoms with Crippen LogP contribution in [-0.4, -0.2) is 32.2 Å². The van der Waals surface area contributed by atoms with E-state index in [9.17, 15) is 9.59 Å². The van der Waals surface area contributed by atoms with Crippen molar-refractivity contribution in [3.63, 3.8) is 0 Å². The summed E-state index contributed by atoms with van der Waals surface area (Å²) in [7, 11) is 1.60. The van der Waals surface area contributed by atoms with Gasteiger partial charge >= 0.3 is 5.97 Å². The summed E-state index contributed by atoms with van der Waals surface area (Å²) in [6.45, 7) is 7.02. The van der Waals surface area contributed by atoms with Crippen LogP contribution in [0.25, 0.3) is 6.08 Å². The van der Waals surface area contributed by atoms with Crippen molar-refractivity contribution in [3.8, 4) is 11.5 Å². The van der Waals surface area contributed by atoms with E-state index in [0.717, 1.165) is 49.7 Å². The topological polar surface area (TPSA) is 73.9 Å². The lowest BCUT2D eigenvalue weighted by Crippen LogP contribution is -2.15. The number of hydrogen-bond donors (Lipinski definition) is 1. The number of amides is 1. The molecule has 3 rings (SSSR count). The van der Waals surface area contributed by atoms with Gasteiger partial charge in [0.25, 0.3) is 0 Å². The van der Waals surface area contributed by atoms with Gasteiger partial charge in [-0.15, -0.1) is 11.3 Å². The molecule has 0 bridgehead atoms. The molecule has 0 saturated heterocycles. The van der Waals surface area contributed by atoms with Gasteiger partial charge in [-0.3, -0.25) is 4.79 Å². The number of nitrogens with one attached hydrogen (secondary N) is 1. The molecule has 7 heteroatoms. The van der Waals surface area contributed by atoms with Crippen LogP contribution in [0.4, 0.5) is 5.00 Å². The highest BCUT2D eigenvalue weighted by molar-refractivity contribution is 7.17. The number of ether oxygens (including phenoxy) is 3. The summed E-state index contributed by atoms with van der Waals surface area (Å²) < 4.78 is 16.6. The first-order chi connectivity index (χ1) is 16.5. The van der Waals surface area contributed by atoms with Crippen LogP contribution >= 0.6 is 11.3 Å². The fourth-order valence-electron chi connectivity index (χ4n) is 4.17. The predicted octanol–water partition coefficient (Wildman–Crippen LogP) is 6.59. The summed E-state index contributed by atoms with van der Waals surface area (Å²) in [5.74, 6) is 0.930. The number of esters is 1. The summed E-state index contributed by atoms with van der Waals surface area (Å²) in [6, 6.07) is 5.58. The number of anilines is 1. The van der Waals surface area contributed by atoms with E-state index in [2.05, 4.69) is 19.2 Å². The molecule has 2 aromatic rings. The molecular weight excluding hydrogens is 450 g/mol. The summed E-state index contributed by atoms with van der Waals surface area (Å²) in [6.07, 6.45) is 9.50. The first kappa shape index (κ1) is 25.8. The zero-order valence-corrected chi connectivity index (χ0v) is 21.4. The van der Waals surface area contributed by atoms with E-state index in [-0.39, 0.29) is 17.8 Å². The average Bonchev–Trinajstić information content (AvgIpc) is 3.20. The van der Waals surface area contributed by atoms with Gasteiger partial charge < -0.3 is 19.5 Å². The first-order valence-electron chi connectivity index (χ1n) is 12.1. The number of benzene rings is 1. The highest BCUT2D eigenvalue weighted by Gasteiger charge is 2.30. The molecule has 1 heterocycles. The second-order valence-corrected chi connectivity index (χ2v) is 9.55. The monoisotopic (exact) mass is 485 g/mol. The van der Waals surface area contributed by atoms with Crippen molar-refractivity contribution >= 4 is 34.3 Å². The van der Waals surface area contributed by atoms with Gasteiger partial charge in [0.15, 0.2) is 11.5 Å². The normalized spacial score (nSPS) is 15.1. The van der Waals surface area contributed by atoms with Gasteiger partial charge in [0.05, 0.1) is 25.9 Å². The lowest BCUT2D eigenvalue weighted by atomic mass is 9.86. The highest BCUT2D eigenvalue weighted by Crippen LogP contribution is 2.43. The van der Waals surface area contributed by atoms with E-state index >= 15 is 0 Å². The van der Waals surface area contributed by atoms with Gasteiger partial charge in [-0.2, -0.15) is 0 Å². The van der Waals surface area contributed by atoms with Gasteiger partial charge in [-0.1, -0.05) is 32.8 Å². The zero-order chi connectivity index (χ0) is 24.5. The Morgan fingerprint density at radius 2 is 2.03 bits per heavy atom. The van der Waals surface area contributed by atoms with Crippen LogP contribution in [0.1, 0.15) is 85.2 Å². The van der Waals surface area contributed by atoms with Crippen LogP contribution in [0.5, 0.6) is 11.5 Å². The molecule has 0 aliphatic heterocycles. The van der Waals surface area contributed by atoms with E-state index in [0.29, 0.717) is 35.3 Å². The standard InChI is InChI=1S/C27H35NO5S/c1-5-7-8-16-33-20-14-12-19(17-21(20)31-4)13-15-23(29)28-26-25(27(30)32-6-2)24-18(3)10-9-11-22(24)34-26/h12-15,17-18H,5-11,16H2,1-4H3,(H,28,29)/b15-13+. The van der Waals surface area contributed by atoms with E-state index in [1.165, 1.54) is 22.3 Å². The molecule has 1 aromatic heterocycles. The maximum Gasteiger partial charge on any atom is 0.341 e. The largest absolute Gasteiger partial charge is 0.493 e. The average molecular weight is 486 g/mol. The Labute approximate surface area is 206 Å². The molecule has 1 amide bonds. The molecular formula is C27H35NO5S.